The summed E-state index contributed by atoms with van der Waals surface area (Å²) in [5.74, 6) is 0.231. The third kappa shape index (κ3) is 2.87. The molecular weight excluding hydrogens is 203 g/mol. The van der Waals surface area contributed by atoms with Gasteiger partial charge in [-0.15, -0.1) is 5.10 Å². The molecule has 1 rings (SSSR count). The Hall–Kier alpha value is -1.31. The molecule has 5 nitrogen and oxygen atoms in total. The number of hydrogen-bond acceptors (Lipinski definition) is 5. The number of nitrogens with one attached hydrogen (secondary N) is 1. The molecule has 8 heteroatoms. The summed E-state index contributed by atoms with van der Waals surface area (Å²) in [6, 6.07) is -0.147. The van der Waals surface area contributed by atoms with Crippen LogP contribution < -0.4 is 5.32 Å². The quantitative estimate of drug-likeness (QED) is 0.770. The molecule has 0 aliphatic rings. The zero-order chi connectivity index (χ0) is 10.8. The lowest BCUT2D eigenvalue weighted by Crippen LogP contribution is -2.35. The van der Waals surface area contributed by atoms with E-state index < -0.39 is 18.8 Å². The summed E-state index contributed by atoms with van der Waals surface area (Å²) in [5.41, 5.74) is 0. The first-order valence-electron chi connectivity index (χ1n) is 3.68. The number of anilines is 1. The summed E-state index contributed by atoms with van der Waals surface area (Å²) >= 11 is 0. The molecule has 2 N–H and O–H groups in total. The molecule has 1 atom stereocenters. The van der Waals surface area contributed by atoms with E-state index in [4.69, 9.17) is 9.52 Å². The number of hydrogen-bond donors (Lipinski definition) is 2. The molecule has 0 saturated carbocycles. The molecule has 0 bridgehead atoms. The number of halogens is 3. The fourth-order valence-corrected chi connectivity index (χ4v) is 0.668. The molecule has 0 saturated heterocycles. The first-order chi connectivity index (χ1) is 6.39. The van der Waals surface area contributed by atoms with Crippen LogP contribution in [-0.2, 0) is 0 Å². The van der Waals surface area contributed by atoms with Gasteiger partial charge in [-0.3, -0.25) is 0 Å². The summed E-state index contributed by atoms with van der Waals surface area (Å²) in [6.07, 6.45) is -7.10. The number of aliphatic hydroxyl groups is 1. The highest BCUT2D eigenvalue weighted by Gasteiger charge is 2.38. The van der Waals surface area contributed by atoms with Crippen molar-refractivity contribution >= 4 is 6.01 Å². The molecule has 1 heterocycles. The van der Waals surface area contributed by atoms with Crippen LogP contribution in [0.1, 0.15) is 5.89 Å². The Bertz CT molecular complexity index is 299. The maximum Gasteiger partial charge on any atom is 0.416 e. The Morgan fingerprint density at radius 3 is 2.57 bits per heavy atom. The van der Waals surface area contributed by atoms with E-state index in [0.29, 0.717) is 0 Å². The molecule has 80 valence electrons. The van der Waals surface area contributed by atoms with Crippen molar-refractivity contribution in [1.82, 2.24) is 10.2 Å². The minimum Gasteiger partial charge on any atom is -0.408 e. The van der Waals surface area contributed by atoms with E-state index in [9.17, 15) is 13.2 Å². The van der Waals surface area contributed by atoms with Gasteiger partial charge in [0.2, 0.25) is 5.89 Å². The summed E-state index contributed by atoms with van der Waals surface area (Å²) in [4.78, 5) is 0. The molecule has 1 aromatic rings. The fraction of sp³-hybridized carbons (Fsp3) is 0.667. The van der Waals surface area contributed by atoms with Crippen molar-refractivity contribution in [3.8, 4) is 0 Å². The maximum absolute atomic E-state index is 11.8. The van der Waals surface area contributed by atoms with Gasteiger partial charge in [0.1, 0.15) is 0 Å². The van der Waals surface area contributed by atoms with E-state index in [1.165, 1.54) is 6.92 Å². The zero-order valence-electron chi connectivity index (χ0n) is 7.17. The Morgan fingerprint density at radius 1 is 1.50 bits per heavy atom. The Kier molecular flexibility index (Phi) is 2.94. The smallest absolute Gasteiger partial charge is 0.408 e. The summed E-state index contributed by atoms with van der Waals surface area (Å²) in [6.45, 7) is 0.781. The minimum atomic E-state index is -4.65. The van der Waals surface area contributed by atoms with Crippen LogP contribution in [0.2, 0.25) is 0 Å². The lowest BCUT2D eigenvalue weighted by Gasteiger charge is -2.13. The molecule has 0 fully saturated rings. The molecule has 14 heavy (non-hydrogen) atoms. The highest BCUT2D eigenvalue weighted by molar-refractivity contribution is 5.16. The predicted octanol–water partition coefficient (Wildman–Crippen LogP) is 0.713. The second-order valence-electron chi connectivity index (χ2n) is 2.56. The molecule has 0 aliphatic heterocycles. The molecule has 0 spiro atoms. The minimum absolute atomic E-state index is 0.147. The maximum atomic E-state index is 11.8. The average molecular weight is 211 g/mol. The van der Waals surface area contributed by atoms with Crippen molar-refractivity contribution in [1.29, 1.82) is 0 Å². The number of alkyl halides is 3. The van der Waals surface area contributed by atoms with Gasteiger partial charge in [0, 0.05) is 6.92 Å². The molecule has 0 unspecified atom stereocenters. The van der Waals surface area contributed by atoms with Gasteiger partial charge in [-0.05, 0) is 0 Å². The van der Waals surface area contributed by atoms with Gasteiger partial charge in [0.05, 0.1) is 6.54 Å². The van der Waals surface area contributed by atoms with Crippen molar-refractivity contribution < 1.29 is 22.7 Å². The van der Waals surface area contributed by atoms with Crippen molar-refractivity contribution in [2.75, 3.05) is 11.9 Å². The van der Waals surface area contributed by atoms with Gasteiger partial charge in [0.25, 0.3) is 0 Å². The van der Waals surface area contributed by atoms with E-state index in [1.54, 1.807) is 0 Å². The van der Waals surface area contributed by atoms with Crippen LogP contribution in [0.15, 0.2) is 4.42 Å². The molecular formula is C6H8F3N3O2. The average Bonchev–Trinajstić information content (AvgIpc) is 2.45. The van der Waals surface area contributed by atoms with Crippen LogP contribution in [0.4, 0.5) is 19.2 Å². The van der Waals surface area contributed by atoms with Crippen LogP contribution in [0, 0.1) is 6.92 Å². The molecule has 0 aromatic carbocycles. The highest BCUT2D eigenvalue weighted by Crippen LogP contribution is 2.20. The number of aryl methyl sites for hydroxylation is 1. The standard InChI is InChI=1S/C6H8F3N3O2/c1-3-11-12-5(14-3)10-2-4(13)6(7,8)9/h4,13H,2H2,1H3,(H,10,12)/t4-/m1/s1. The first-order valence-corrected chi connectivity index (χ1v) is 3.68. The van der Waals surface area contributed by atoms with Crippen molar-refractivity contribution in [2.24, 2.45) is 0 Å². The number of aliphatic hydroxyl groups excluding tert-OH is 1. The van der Waals surface area contributed by atoms with Crippen molar-refractivity contribution in [2.45, 2.75) is 19.2 Å². The van der Waals surface area contributed by atoms with Crippen molar-refractivity contribution in [3.63, 3.8) is 0 Å². The Labute approximate surface area is 76.9 Å². The van der Waals surface area contributed by atoms with Gasteiger partial charge in [-0.25, -0.2) is 0 Å². The number of nitrogens with zero attached hydrogens (tertiary/aromatic N) is 2. The monoisotopic (exact) mass is 211 g/mol. The van der Waals surface area contributed by atoms with Crippen LogP contribution >= 0.6 is 0 Å². The van der Waals surface area contributed by atoms with Gasteiger partial charge in [0.15, 0.2) is 6.10 Å². The Morgan fingerprint density at radius 2 is 2.14 bits per heavy atom. The van der Waals surface area contributed by atoms with Gasteiger partial charge in [-0.2, -0.15) is 13.2 Å². The number of rotatable bonds is 3. The van der Waals surface area contributed by atoms with Crippen LogP contribution in [0.25, 0.3) is 0 Å². The summed E-state index contributed by atoms with van der Waals surface area (Å²) < 4.78 is 40.1. The molecule has 0 radical (unpaired) electrons. The number of aromatic nitrogens is 2. The molecule has 0 amide bonds. The van der Waals surface area contributed by atoms with E-state index in [-0.39, 0.29) is 11.9 Å². The molecule has 0 aliphatic carbocycles. The predicted molar refractivity (Wildman–Crippen MR) is 39.6 cm³/mol. The van der Waals surface area contributed by atoms with E-state index in [1.807, 2.05) is 0 Å². The van der Waals surface area contributed by atoms with E-state index >= 15 is 0 Å². The SMILES string of the molecule is Cc1nnc(NC[C@@H](O)C(F)(F)F)o1. The largest absolute Gasteiger partial charge is 0.416 e. The fourth-order valence-electron chi connectivity index (χ4n) is 0.668. The zero-order valence-corrected chi connectivity index (χ0v) is 7.17. The van der Waals surface area contributed by atoms with Crippen LogP contribution in [-0.4, -0.2) is 34.1 Å². The van der Waals surface area contributed by atoms with Gasteiger partial charge in [-0.1, -0.05) is 5.10 Å². The van der Waals surface area contributed by atoms with Crippen LogP contribution in [0.5, 0.6) is 0 Å². The second kappa shape index (κ2) is 3.82. The normalized spacial score (nSPS) is 14.1. The lowest BCUT2D eigenvalue weighted by atomic mass is 10.3. The van der Waals surface area contributed by atoms with Crippen LogP contribution in [0.3, 0.4) is 0 Å². The first kappa shape index (κ1) is 10.8. The molecule has 1 aromatic heterocycles. The third-order valence-electron chi connectivity index (χ3n) is 1.35. The Balaban J connectivity index is 2.41. The third-order valence-corrected chi connectivity index (χ3v) is 1.35. The summed E-state index contributed by atoms with van der Waals surface area (Å²) in [7, 11) is 0. The lowest BCUT2D eigenvalue weighted by molar-refractivity contribution is -0.198. The topological polar surface area (TPSA) is 71.2 Å². The highest BCUT2D eigenvalue weighted by atomic mass is 19.4. The van der Waals surface area contributed by atoms with Gasteiger partial charge >= 0.3 is 12.2 Å². The van der Waals surface area contributed by atoms with Crippen molar-refractivity contribution in [3.05, 3.63) is 5.89 Å². The summed E-state index contributed by atoms with van der Waals surface area (Å²) in [5, 5.41) is 17.5. The van der Waals surface area contributed by atoms with E-state index in [0.717, 1.165) is 0 Å². The van der Waals surface area contributed by atoms with E-state index in [2.05, 4.69) is 15.5 Å². The van der Waals surface area contributed by atoms with Gasteiger partial charge < -0.3 is 14.8 Å². The second-order valence-corrected chi connectivity index (χ2v) is 2.56.